The summed E-state index contributed by atoms with van der Waals surface area (Å²) >= 11 is 6.00. The molecule has 15 heavy (non-hydrogen) atoms. The van der Waals surface area contributed by atoms with E-state index in [4.69, 9.17) is 17.3 Å². The highest BCUT2D eigenvalue weighted by Crippen LogP contribution is 2.24. The average molecular weight is 223 g/mol. The standard InChI is InChI=1S/C12H15ClN2/c1-2-9-8-15(6-5-14)12-7-10(13)3-4-11(9)12/h3-4,7-8H,2,5-6,14H2,1H3. The number of fused-ring (bicyclic) bond motifs is 1. The summed E-state index contributed by atoms with van der Waals surface area (Å²) in [5, 5.41) is 2.07. The van der Waals surface area contributed by atoms with Gasteiger partial charge in [-0.15, -0.1) is 0 Å². The van der Waals surface area contributed by atoms with Crippen molar-refractivity contribution in [1.82, 2.24) is 4.57 Å². The van der Waals surface area contributed by atoms with Gasteiger partial charge in [0.2, 0.25) is 0 Å². The largest absolute Gasteiger partial charge is 0.346 e. The molecule has 0 saturated carbocycles. The van der Waals surface area contributed by atoms with Crippen LogP contribution in [0.3, 0.4) is 0 Å². The number of hydrogen-bond acceptors (Lipinski definition) is 1. The molecule has 2 aromatic rings. The van der Waals surface area contributed by atoms with E-state index in [-0.39, 0.29) is 0 Å². The third-order valence-electron chi connectivity index (χ3n) is 2.68. The quantitative estimate of drug-likeness (QED) is 0.851. The molecule has 0 fully saturated rings. The number of nitrogens with zero attached hydrogens (tertiary/aromatic N) is 1. The molecular formula is C12H15ClN2. The van der Waals surface area contributed by atoms with Gasteiger partial charge in [0.1, 0.15) is 0 Å². The van der Waals surface area contributed by atoms with Crippen molar-refractivity contribution in [3.8, 4) is 0 Å². The molecule has 0 aliphatic rings. The lowest BCUT2D eigenvalue weighted by Crippen LogP contribution is -2.08. The van der Waals surface area contributed by atoms with E-state index in [2.05, 4.69) is 23.8 Å². The van der Waals surface area contributed by atoms with E-state index in [0.717, 1.165) is 18.0 Å². The first-order valence-electron chi connectivity index (χ1n) is 5.23. The Hall–Kier alpha value is -0.990. The van der Waals surface area contributed by atoms with Crippen LogP contribution in [0.4, 0.5) is 0 Å². The highest BCUT2D eigenvalue weighted by atomic mass is 35.5. The van der Waals surface area contributed by atoms with Crippen LogP contribution >= 0.6 is 11.6 Å². The van der Waals surface area contributed by atoms with Crippen molar-refractivity contribution in [3.63, 3.8) is 0 Å². The second-order valence-corrected chi connectivity index (χ2v) is 4.09. The molecule has 1 aromatic carbocycles. The zero-order valence-corrected chi connectivity index (χ0v) is 9.59. The summed E-state index contributed by atoms with van der Waals surface area (Å²) in [6.45, 7) is 3.66. The van der Waals surface area contributed by atoms with Crippen LogP contribution in [-0.2, 0) is 13.0 Å². The Kier molecular flexibility index (Phi) is 2.98. The molecule has 0 amide bonds. The molecule has 0 aliphatic carbocycles. The molecule has 0 aliphatic heterocycles. The minimum Gasteiger partial charge on any atom is -0.346 e. The molecule has 3 heteroatoms. The second-order valence-electron chi connectivity index (χ2n) is 3.65. The van der Waals surface area contributed by atoms with Crippen LogP contribution in [0.1, 0.15) is 12.5 Å². The molecule has 0 saturated heterocycles. The maximum Gasteiger partial charge on any atom is 0.0498 e. The normalized spacial score (nSPS) is 11.1. The van der Waals surface area contributed by atoms with Gasteiger partial charge in [0.05, 0.1) is 0 Å². The van der Waals surface area contributed by atoms with Gasteiger partial charge in [-0.3, -0.25) is 0 Å². The van der Waals surface area contributed by atoms with Crippen molar-refractivity contribution < 1.29 is 0 Å². The Bertz CT molecular complexity index is 474. The van der Waals surface area contributed by atoms with Crippen LogP contribution in [0.2, 0.25) is 5.02 Å². The molecule has 2 nitrogen and oxygen atoms in total. The fraction of sp³-hybridized carbons (Fsp3) is 0.333. The number of aromatic nitrogens is 1. The molecule has 0 spiro atoms. The predicted octanol–water partition coefficient (Wildman–Crippen LogP) is 2.82. The van der Waals surface area contributed by atoms with Crippen molar-refractivity contribution in [2.75, 3.05) is 6.54 Å². The topological polar surface area (TPSA) is 30.9 Å². The second kappa shape index (κ2) is 4.25. The zero-order chi connectivity index (χ0) is 10.8. The van der Waals surface area contributed by atoms with Crippen LogP contribution < -0.4 is 5.73 Å². The van der Waals surface area contributed by atoms with Crippen LogP contribution in [0.5, 0.6) is 0 Å². The van der Waals surface area contributed by atoms with Gasteiger partial charge in [0.15, 0.2) is 0 Å². The molecule has 0 radical (unpaired) electrons. The smallest absolute Gasteiger partial charge is 0.0498 e. The van der Waals surface area contributed by atoms with E-state index in [1.807, 2.05) is 12.1 Å². The lowest BCUT2D eigenvalue weighted by Gasteiger charge is -2.02. The maximum atomic E-state index is 6.00. The van der Waals surface area contributed by atoms with Gasteiger partial charge < -0.3 is 10.3 Å². The van der Waals surface area contributed by atoms with Crippen molar-refractivity contribution in [1.29, 1.82) is 0 Å². The fourth-order valence-corrected chi connectivity index (χ4v) is 2.11. The lowest BCUT2D eigenvalue weighted by atomic mass is 10.1. The van der Waals surface area contributed by atoms with Crippen molar-refractivity contribution in [3.05, 3.63) is 35.0 Å². The van der Waals surface area contributed by atoms with E-state index in [9.17, 15) is 0 Å². The monoisotopic (exact) mass is 222 g/mol. The van der Waals surface area contributed by atoms with Crippen LogP contribution in [-0.4, -0.2) is 11.1 Å². The highest BCUT2D eigenvalue weighted by Gasteiger charge is 2.06. The van der Waals surface area contributed by atoms with E-state index in [0.29, 0.717) is 6.54 Å². The van der Waals surface area contributed by atoms with Crippen molar-refractivity contribution in [2.45, 2.75) is 19.9 Å². The van der Waals surface area contributed by atoms with Crippen molar-refractivity contribution in [2.24, 2.45) is 5.73 Å². The Morgan fingerprint density at radius 3 is 2.87 bits per heavy atom. The number of nitrogens with two attached hydrogens (primary N) is 1. The Balaban J connectivity index is 2.64. The molecule has 2 rings (SSSR count). The first kappa shape index (κ1) is 10.5. The third-order valence-corrected chi connectivity index (χ3v) is 2.91. The van der Waals surface area contributed by atoms with E-state index in [1.165, 1.54) is 16.5 Å². The molecule has 0 unspecified atom stereocenters. The number of hydrogen-bond donors (Lipinski definition) is 1. The molecular weight excluding hydrogens is 208 g/mol. The average Bonchev–Trinajstić information content (AvgIpc) is 2.57. The van der Waals surface area contributed by atoms with Gasteiger partial charge in [-0.05, 0) is 24.1 Å². The Labute approximate surface area is 94.6 Å². The van der Waals surface area contributed by atoms with Gasteiger partial charge in [-0.25, -0.2) is 0 Å². The number of halogens is 1. The molecule has 80 valence electrons. The molecule has 0 atom stereocenters. The zero-order valence-electron chi connectivity index (χ0n) is 8.83. The van der Waals surface area contributed by atoms with Gasteiger partial charge in [-0.2, -0.15) is 0 Å². The summed E-state index contributed by atoms with van der Waals surface area (Å²) < 4.78 is 2.18. The highest BCUT2D eigenvalue weighted by molar-refractivity contribution is 6.31. The van der Waals surface area contributed by atoms with E-state index < -0.39 is 0 Å². The van der Waals surface area contributed by atoms with E-state index >= 15 is 0 Å². The summed E-state index contributed by atoms with van der Waals surface area (Å²) in [7, 11) is 0. The number of benzene rings is 1. The number of rotatable bonds is 3. The van der Waals surface area contributed by atoms with Crippen LogP contribution in [0.15, 0.2) is 24.4 Å². The lowest BCUT2D eigenvalue weighted by molar-refractivity contribution is 0.732. The van der Waals surface area contributed by atoms with Gasteiger partial charge >= 0.3 is 0 Å². The molecule has 0 bridgehead atoms. The summed E-state index contributed by atoms with van der Waals surface area (Å²) in [5.41, 5.74) is 8.13. The third kappa shape index (κ3) is 1.87. The predicted molar refractivity (Wildman–Crippen MR) is 65.4 cm³/mol. The number of aryl methyl sites for hydroxylation is 1. The first-order chi connectivity index (χ1) is 7.26. The van der Waals surface area contributed by atoms with E-state index in [1.54, 1.807) is 0 Å². The summed E-state index contributed by atoms with van der Waals surface area (Å²) in [4.78, 5) is 0. The summed E-state index contributed by atoms with van der Waals surface area (Å²) in [6.07, 6.45) is 3.21. The minimum absolute atomic E-state index is 0.652. The molecule has 1 heterocycles. The van der Waals surface area contributed by atoms with Crippen molar-refractivity contribution >= 4 is 22.5 Å². The van der Waals surface area contributed by atoms with Crippen LogP contribution in [0.25, 0.3) is 10.9 Å². The molecule has 2 N–H and O–H groups in total. The van der Waals surface area contributed by atoms with Gasteiger partial charge in [0, 0.05) is 35.2 Å². The van der Waals surface area contributed by atoms with Crippen LogP contribution in [0, 0.1) is 0 Å². The Morgan fingerprint density at radius 1 is 1.40 bits per heavy atom. The first-order valence-corrected chi connectivity index (χ1v) is 5.61. The fourth-order valence-electron chi connectivity index (χ4n) is 1.95. The van der Waals surface area contributed by atoms with Gasteiger partial charge in [-0.1, -0.05) is 24.6 Å². The van der Waals surface area contributed by atoms with Gasteiger partial charge in [0.25, 0.3) is 0 Å². The Morgan fingerprint density at radius 2 is 2.20 bits per heavy atom. The maximum absolute atomic E-state index is 6.00. The minimum atomic E-state index is 0.652. The summed E-state index contributed by atoms with van der Waals surface area (Å²) in [6, 6.07) is 6.03. The SMILES string of the molecule is CCc1cn(CCN)c2cc(Cl)ccc12. The summed E-state index contributed by atoms with van der Waals surface area (Å²) in [5.74, 6) is 0. The molecule has 1 aromatic heterocycles.